The van der Waals surface area contributed by atoms with Crippen LogP contribution in [0.5, 0.6) is 0 Å². The molecule has 1 aromatic heterocycles. The topological polar surface area (TPSA) is 97.1 Å². The van der Waals surface area contributed by atoms with E-state index in [9.17, 15) is 9.59 Å². The molecule has 0 fully saturated rings. The Bertz CT molecular complexity index is 482. The molecule has 0 saturated carbocycles. The lowest BCUT2D eigenvalue weighted by atomic mass is 10.2. The average Bonchev–Trinajstić information content (AvgIpc) is 2.79. The van der Waals surface area contributed by atoms with E-state index < -0.39 is 12.0 Å². The van der Waals surface area contributed by atoms with Crippen LogP contribution in [0.4, 0.5) is 0 Å². The smallest absolute Gasteiger partial charge is 0.358 e. The Morgan fingerprint density at radius 1 is 1.35 bits per heavy atom. The van der Waals surface area contributed by atoms with Crippen LogP contribution in [-0.2, 0) is 11.2 Å². The van der Waals surface area contributed by atoms with Gasteiger partial charge < -0.3 is 10.4 Å². The molecule has 0 aromatic carbocycles. The molecule has 1 unspecified atom stereocenters. The van der Waals surface area contributed by atoms with Gasteiger partial charge in [0, 0.05) is 6.54 Å². The molecule has 20 heavy (non-hydrogen) atoms. The van der Waals surface area contributed by atoms with E-state index in [-0.39, 0.29) is 11.6 Å². The van der Waals surface area contributed by atoms with Crippen molar-refractivity contribution in [2.75, 3.05) is 6.54 Å². The Hall–Kier alpha value is -1.92. The number of carboxylic acids is 1. The number of aromatic nitrogens is 3. The number of nitrogens with one attached hydrogen (secondary N) is 1. The highest BCUT2D eigenvalue weighted by Crippen LogP contribution is 2.14. The zero-order valence-corrected chi connectivity index (χ0v) is 12.4. The van der Waals surface area contributed by atoms with Crippen molar-refractivity contribution in [2.45, 2.75) is 46.6 Å². The fourth-order valence-corrected chi connectivity index (χ4v) is 1.82. The number of nitrogens with zero attached hydrogens (tertiary/aromatic N) is 3. The summed E-state index contributed by atoms with van der Waals surface area (Å²) >= 11 is 0. The number of amides is 1. The van der Waals surface area contributed by atoms with Gasteiger partial charge >= 0.3 is 5.97 Å². The van der Waals surface area contributed by atoms with Gasteiger partial charge in [0.2, 0.25) is 5.91 Å². The lowest BCUT2D eigenvalue weighted by molar-refractivity contribution is -0.124. The van der Waals surface area contributed by atoms with Crippen LogP contribution in [0, 0.1) is 5.92 Å². The minimum atomic E-state index is -1.12. The Morgan fingerprint density at radius 2 is 2.00 bits per heavy atom. The summed E-state index contributed by atoms with van der Waals surface area (Å²) < 4.78 is 1.41. The van der Waals surface area contributed by atoms with E-state index in [0.29, 0.717) is 24.6 Å². The van der Waals surface area contributed by atoms with Crippen LogP contribution < -0.4 is 5.32 Å². The van der Waals surface area contributed by atoms with E-state index in [4.69, 9.17) is 5.11 Å². The maximum atomic E-state index is 12.0. The molecule has 2 N–H and O–H groups in total. The molecule has 0 aliphatic carbocycles. The molecule has 7 nitrogen and oxygen atoms in total. The van der Waals surface area contributed by atoms with Gasteiger partial charge in [-0.25, -0.2) is 9.48 Å². The van der Waals surface area contributed by atoms with Gasteiger partial charge in [0.15, 0.2) is 5.69 Å². The van der Waals surface area contributed by atoms with Crippen LogP contribution in [0.3, 0.4) is 0 Å². The quantitative estimate of drug-likeness (QED) is 0.784. The van der Waals surface area contributed by atoms with Crippen LogP contribution in [0.2, 0.25) is 0 Å². The van der Waals surface area contributed by atoms with Gasteiger partial charge in [-0.05, 0) is 19.3 Å². The van der Waals surface area contributed by atoms with Gasteiger partial charge in [0.25, 0.3) is 0 Å². The van der Waals surface area contributed by atoms with Crippen LogP contribution >= 0.6 is 0 Å². The summed E-state index contributed by atoms with van der Waals surface area (Å²) in [5.41, 5.74) is 0.419. The Labute approximate surface area is 118 Å². The van der Waals surface area contributed by atoms with Crippen molar-refractivity contribution in [2.24, 2.45) is 5.92 Å². The highest BCUT2D eigenvalue weighted by molar-refractivity contribution is 5.87. The third kappa shape index (κ3) is 3.79. The minimum absolute atomic E-state index is 0.0737. The van der Waals surface area contributed by atoms with E-state index in [0.717, 1.165) is 6.42 Å². The molecular weight excluding hydrogens is 260 g/mol. The molecule has 7 heteroatoms. The predicted octanol–water partition coefficient (Wildman–Crippen LogP) is 1.26. The molecule has 1 atom stereocenters. The number of carboxylic acid groups (broad SMARTS) is 1. The first-order valence-corrected chi connectivity index (χ1v) is 6.83. The monoisotopic (exact) mass is 282 g/mol. The van der Waals surface area contributed by atoms with Crippen molar-refractivity contribution in [3.63, 3.8) is 0 Å². The maximum Gasteiger partial charge on any atom is 0.358 e. The van der Waals surface area contributed by atoms with Crippen LogP contribution in [0.25, 0.3) is 0 Å². The van der Waals surface area contributed by atoms with Gasteiger partial charge in [-0.15, -0.1) is 5.10 Å². The van der Waals surface area contributed by atoms with Crippen LogP contribution in [-0.4, -0.2) is 38.5 Å². The van der Waals surface area contributed by atoms with Crippen molar-refractivity contribution in [3.05, 3.63) is 11.4 Å². The van der Waals surface area contributed by atoms with Crippen LogP contribution in [0.1, 0.15) is 56.3 Å². The van der Waals surface area contributed by atoms with Crippen molar-refractivity contribution in [3.8, 4) is 0 Å². The molecule has 1 heterocycles. The molecule has 1 aromatic rings. The fraction of sp³-hybridized carbons (Fsp3) is 0.692. The van der Waals surface area contributed by atoms with Crippen molar-refractivity contribution < 1.29 is 14.7 Å². The average molecular weight is 282 g/mol. The van der Waals surface area contributed by atoms with Gasteiger partial charge in [-0.1, -0.05) is 32.4 Å². The second-order valence-electron chi connectivity index (χ2n) is 5.20. The molecule has 0 aliphatic rings. The molecule has 0 aliphatic heterocycles. The summed E-state index contributed by atoms with van der Waals surface area (Å²) in [4.78, 5) is 23.1. The Morgan fingerprint density at radius 3 is 2.50 bits per heavy atom. The normalized spacial score (nSPS) is 12.4. The highest BCUT2D eigenvalue weighted by atomic mass is 16.4. The second-order valence-corrected chi connectivity index (χ2v) is 5.20. The van der Waals surface area contributed by atoms with E-state index >= 15 is 0 Å². The Kier molecular flexibility index (Phi) is 5.66. The van der Waals surface area contributed by atoms with Gasteiger partial charge in [0.05, 0.1) is 5.69 Å². The number of aromatic carboxylic acids is 1. The lowest BCUT2D eigenvalue weighted by Crippen LogP contribution is -2.34. The van der Waals surface area contributed by atoms with Crippen molar-refractivity contribution in [1.29, 1.82) is 0 Å². The van der Waals surface area contributed by atoms with Gasteiger partial charge in [-0.3, -0.25) is 4.79 Å². The summed E-state index contributed by atoms with van der Waals surface area (Å²) in [6.45, 7) is 8.21. The number of carbonyl (C=O) groups is 2. The molecule has 0 radical (unpaired) electrons. The molecule has 112 valence electrons. The largest absolute Gasteiger partial charge is 0.476 e. The van der Waals surface area contributed by atoms with Crippen LogP contribution in [0.15, 0.2) is 0 Å². The zero-order valence-electron chi connectivity index (χ0n) is 12.4. The third-order valence-electron chi connectivity index (χ3n) is 2.91. The summed E-state index contributed by atoms with van der Waals surface area (Å²) in [5, 5.41) is 19.4. The second kappa shape index (κ2) is 7.02. The molecular formula is C13H22N4O3. The van der Waals surface area contributed by atoms with E-state index in [1.807, 2.05) is 20.8 Å². The predicted molar refractivity (Wildman–Crippen MR) is 73.5 cm³/mol. The highest BCUT2D eigenvalue weighted by Gasteiger charge is 2.24. The minimum Gasteiger partial charge on any atom is -0.476 e. The molecule has 1 amide bonds. The van der Waals surface area contributed by atoms with Gasteiger partial charge in [-0.2, -0.15) is 0 Å². The molecule has 0 saturated heterocycles. The third-order valence-corrected chi connectivity index (χ3v) is 2.91. The summed E-state index contributed by atoms with van der Waals surface area (Å²) in [6.07, 6.45) is 1.28. The van der Waals surface area contributed by atoms with E-state index in [2.05, 4.69) is 15.6 Å². The maximum absolute atomic E-state index is 12.0. The molecule has 0 spiro atoms. The van der Waals surface area contributed by atoms with E-state index in [1.165, 1.54) is 4.68 Å². The first-order valence-electron chi connectivity index (χ1n) is 6.83. The number of hydrogen-bond donors (Lipinski definition) is 2. The summed E-state index contributed by atoms with van der Waals surface area (Å²) in [5.74, 6) is -0.945. The van der Waals surface area contributed by atoms with E-state index in [1.54, 1.807) is 6.92 Å². The first-order chi connectivity index (χ1) is 9.38. The Balaban J connectivity index is 2.94. The summed E-state index contributed by atoms with van der Waals surface area (Å²) in [6, 6.07) is -0.573. The van der Waals surface area contributed by atoms with Crippen molar-refractivity contribution in [1.82, 2.24) is 20.3 Å². The number of hydrogen-bond acceptors (Lipinski definition) is 4. The first kappa shape index (κ1) is 16.1. The zero-order chi connectivity index (χ0) is 15.3. The summed E-state index contributed by atoms with van der Waals surface area (Å²) in [7, 11) is 0. The SMILES string of the molecule is CCCc1c(C(=O)O)nnn1C(C)C(=O)NCC(C)C. The lowest BCUT2D eigenvalue weighted by Gasteiger charge is -2.15. The van der Waals surface area contributed by atoms with Gasteiger partial charge in [0.1, 0.15) is 6.04 Å². The standard InChI is InChI=1S/C13H22N4O3/c1-5-6-10-11(13(19)20)15-16-17(10)9(4)12(18)14-7-8(2)3/h8-9H,5-7H2,1-4H3,(H,14,18)(H,19,20). The fourth-order valence-electron chi connectivity index (χ4n) is 1.82. The number of rotatable bonds is 7. The number of carbonyl (C=O) groups excluding carboxylic acids is 1. The molecule has 1 rings (SSSR count). The van der Waals surface area contributed by atoms with Crippen molar-refractivity contribution >= 4 is 11.9 Å². The molecule has 0 bridgehead atoms.